The van der Waals surface area contributed by atoms with Gasteiger partial charge in [0, 0.05) is 5.56 Å². The summed E-state index contributed by atoms with van der Waals surface area (Å²) < 4.78 is 10.5. The van der Waals surface area contributed by atoms with Gasteiger partial charge >= 0.3 is 0 Å². The molecule has 1 saturated heterocycles. The van der Waals surface area contributed by atoms with Crippen LogP contribution in [0, 0.1) is 0 Å². The van der Waals surface area contributed by atoms with Gasteiger partial charge in [-0.3, -0.25) is 4.79 Å². The smallest absolute Gasteiger partial charge is 0.231 e. The van der Waals surface area contributed by atoms with E-state index in [9.17, 15) is 4.79 Å². The minimum Gasteiger partial charge on any atom is -0.454 e. The minimum atomic E-state index is -0.0274. The molecule has 0 saturated carbocycles. The highest BCUT2D eigenvalue weighted by Crippen LogP contribution is 2.33. The van der Waals surface area contributed by atoms with Crippen molar-refractivity contribution >= 4 is 5.78 Å². The summed E-state index contributed by atoms with van der Waals surface area (Å²) in [6.45, 7) is 1.18. The zero-order chi connectivity index (χ0) is 11.0. The molecule has 2 aliphatic rings. The summed E-state index contributed by atoms with van der Waals surface area (Å²) in [5.74, 6) is 1.54. The largest absolute Gasteiger partial charge is 0.454 e. The van der Waals surface area contributed by atoms with E-state index < -0.39 is 0 Å². The first-order valence-corrected chi connectivity index (χ1v) is 5.52. The molecule has 1 N–H and O–H groups in total. The molecule has 0 radical (unpaired) electrons. The van der Waals surface area contributed by atoms with Crippen LogP contribution < -0.4 is 14.8 Å². The van der Waals surface area contributed by atoms with Crippen LogP contribution in [0.25, 0.3) is 0 Å². The lowest BCUT2D eigenvalue weighted by molar-refractivity contribution is 0.0952. The number of carbonyl (C=O) groups excluding carboxylic acids is 1. The molecule has 0 aliphatic carbocycles. The quantitative estimate of drug-likeness (QED) is 0.763. The van der Waals surface area contributed by atoms with E-state index in [1.807, 2.05) is 0 Å². The number of Topliss-reactive ketones (excluding diaryl/α,β-unsaturated/α-hetero) is 1. The molecule has 2 heterocycles. The first-order chi connectivity index (χ1) is 7.84. The van der Waals surface area contributed by atoms with Crippen molar-refractivity contribution in [1.29, 1.82) is 0 Å². The molecule has 4 heteroatoms. The number of ketones is 1. The first-order valence-electron chi connectivity index (χ1n) is 5.52. The molecule has 0 aromatic heterocycles. The molecule has 0 unspecified atom stereocenters. The predicted molar refractivity (Wildman–Crippen MR) is 57.9 cm³/mol. The van der Waals surface area contributed by atoms with Crippen LogP contribution in [0.15, 0.2) is 18.2 Å². The van der Waals surface area contributed by atoms with Gasteiger partial charge < -0.3 is 14.8 Å². The van der Waals surface area contributed by atoms with Crippen molar-refractivity contribution in [1.82, 2.24) is 5.32 Å². The van der Waals surface area contributed by atoms with E-state index >= 15 is 0 Å². The lowest BCUT2D eigenvalue weighted by Crippen LogP contribution is -2.30. The number of hydrogen-bond acceptors (Lipinski definition) is 4. The van der Waals surface area contributed by atoms with Gasteiger partial charge in [0.2, 0.25) is 6.79 Å². The Morgan fingerprint density at radius 3 is 3.00 bits per heavy atom. The zero-order valence-electron chi connectivity index (χ0n) is 8.86. The maximum absolute atomic E-state index is 12.1. The number of fused-ring (bicyclic) bond motifs is 1. The molecule has 0 bridgehead atoms. The molecule has 4 nitrogen and oxygen atoms in total. The van der Waals surface area contributed by atoms with Gasteiger partial charge in [0.25, 0.3) is 0 Å². The number of benzene rings is 1. The highest BCUT2D eigenvalue weighted by molar-refractivity contribution is 6.00. The maximum atomic E-state index is 12.1. The average molecular weight is 219 g/mol. The van der Waals surface area contributed by atoms with E-state index in [0.717, 1.165) is 25.1 Å². The number of rotatable bonds is 2. The standard InChI is InChI=1S/C12H13NO3/c14-12(9-2-1-5-13-9)8-3-4-10-11(6-8)16-7-15-10/h3-4,6,9,13H,1-2,5,7H2/t9-/m0/s1. The molecule has 1 atom stereocenters. The lowest BCUT2D eigenvalue weighted by atomic mass is 10.0. The Labute approximate surface area is 93.5 Å². The normalized spacial score (nSPS) is 22.4. The van der Waals surface area contributed by atoms with Gasteiger partial charge in [0.15, 0.2) is 17.3 Å². The number of hydrogen-bond donors (Lipinski definition) is 1. The number of ether oxygens (including phenoxy) is 2. The monoisotopic (exact) mass is 219 g/mol. The second-order valence-electron chi connectivity index (χ2n) is 4.08. The Bertz CT molecular complexity index is 424. The van der Waals surface area contributed by atoms with Crippen molar-refractivity contribution in [3.63, 3.8) is 0 Å². The molecule has 0 spiro atoms. The Kier molecular flexibility index (Phi) is 2.29. The molecule has 3 rings (SSSR count). The van der Waals surface area contributed by atoms with E-state index in [2.05, 4.69) is 5.32 Å². The van der Waals surface area contributed by atoms with Crippen LogP contribution in [-0.4, -0.2) is 25.2 Å². The Hall–Kier alpha value is -1.55. The van der Waals surface area contributed by atoms with E-state index in [-0.39, 0.29) is 18.6 Å². The van der Waals surface area contributed by atoms with Crippen LogP contribution in [0.3, 0.4) is 0 Å². The number of nitrogens with one attached hydrogen (secondary N) is 1. The minimum absolute atomic E-state index is 0.0274. The van der Waals surface area contributed by atoms with Gasteiger partial charge in [0.05, 0.1) is 6.04 Å². The van der Waals surface area contributed by atoms with Gasteiger partial charge in [0.1, 0.15) is 0 Å². The van der Waals surface area contributed by atoms with Gasteiger partial charge in [-0.2, -0.15) is 0 Å². The van der Waals surface area contributed by atoms with Crippen LogP contribution in [0.4, 0.5) is 0 Å². The molecular weight excluding hydrogens is 206 g/mol. The van der Waals surface area contributed by atoms with E-state index in [1.54, 1.807) is 18.2 Å². The van der Waals surface area contributed by atoms with Gasteiger partial charge in [-0.15, -0.1) is 0 Å². The summed E-state index contributed by atoms with van der Waals surface area (Å²) in [7, 11) is 0. The molecular formula is C12H13NO3. The van der Waals surface area contributed by atoms with E-state index in [1.165, 1.54) is 0 Å². The summed E-state index contributed by atoms with van der Waals surface area (Å²) in [4.78, 5) is 12.1. The van der Waals surface area contributed by atoms with Gasteiger partial charge in [-0.05, 0) is 37.6 Å². The molecule has 84 valence electrons. The third kappa shape index (κ3) is 1.55. The van der Waals surface area contributed by atoms with Crippen molar-refractivity contribution < 1.29 is 14.3 Å². The Morgan fingerprint density at radius 1 is 1.31 bits per heavy atom. The van der Waals surface area contributed by atoms with E-state index in [0.29, 0.717) is 11.3 Å². The highest BCUT2D eigenvalue weighted by Gasteiger charge is 2.24. The van der Waals surface area contributed by atoms with Crippen molar-refractivity contribution in [2.24, 2.45) is 0 Å². The van der Waals surface area contributed by atoms with Crippen molar-refractivity contribution in [2.75, 3.05) is 13.3 Å². The van der Waals surface area contributed by atoms with Crippen molar-refractivity contribution in [3.8, 4) is 11.5 Å². The molecule has 1 fully saturated rings. The molecule has 1 aromatic carbocycles. The second kappa shape index (κ2) is 3.79. The number of carbonyl (C=O) groups is 1. The highest BCUT2D eigenvalue weighted by atomic mass is 16.7. The Balaban J connectivity index is 1.86. The lowest BCUT2D eigenvalue weighted by Gasteiger charge is -2.09. The van der Waals surface area contributed by atoms with Crippen LogP contribution in [-0.2, 0) is 0 Å². The summed E-state index contributed by atoms with van der Waals surface area (Å²) in [5, 5.41) is 3.20. The fourth-order valence-corrected chi connectivity index (χ4v) is 2.16. The fraction of sp³-hybridized carbons (Fsp3) is 0.417. The third-order valence-electron chi connectivity index (χ3n) is 3.03. The third-order valence-corrected chi connectivity index (χ3v) is 3.03. The van der Waals surface area contributed by atoms with Crippen LogP contribution in [0.1, 0.15) is 23.2 Å². The average Bonchev–Trinajstić information content (AvgIpc) is 2.98. The second-order valence-corrected chi connectivity index (χ2v) is 4.08. The summed E-state index contributed by atoms with van der Waals surface area (Å²) >= 11 is 0. The summed E-state index contributed by atoms with van der Waals surface area (Å²) in [5.41, 5.74) is 0.698. The molecule has 2 aliphatic heterocycles. The topological polar surface area (TPSA) is 47.6 Å². The molecule has 0 amide bonds. The van der Waals surface area contributed by atoms with E-state index in [4.69, 9.17) is 9.47 Å². The fourth-order valence-electron chi connectivity index (χ4n) is 2.16. The van der Waals surface area contributed by atoms with Crippen molar-refractivity contribution in [2.45, 2.75) is 18.9 Å². The predicted octanol–water partition coefficient (Wildman–Crippen LogP) is 1.35. The summed E-state index contributed by atoms with van der Waals surface area (Å²) in [6, 6.07) is 5.34. The van der Waals surface area contributed by atoms with Crippen LogP contribution in [0.2, 0.25) is 0 Å². The van der Waals surface area contributed by atoms with Gasteiger partial charge in [-0.1, -0.05) is 0 Å². The van der Waals surface area contributed by atoms with Crippen LogP contribution in [0.5, 0.6) is 11.5 Å². The first kappa shape index (κ1) is 9.66. The van der Waals surface area contributed by atoms with Crippen molar-refractivity contribution in [3.05, 3.63) is 23.8 Å². The zero-order valence-corrected chi connectivity index (χ0v) is 8.86. The van der Waals surface area contributed by atoms with Gasteiger partial charge in [-0.25, -0.2) is 0 Å². The summed E-state index contributed by atoms with van der Waals surface area (Å²) in [6.07, 6.45) is 1.99. The molecule has 16 heavy (non-hydrogen) atoms. The molecule has 1 aromatic rings. The SMILES string of the molecule is O=C(c1ccc2c(c1)OCO2)[C@@H]1CCCN1. The Morgan fingerprint density at radius 2 is 2.19 bits per heavy atom. The maximum Gasteiger partial charge on any atom is 0.231 e. The van der Waals surface area contributed by atoms with Crippen LogP contribution >= 0.6 is 0 Å².